The van der Waals surface area contributed by atoms with Crippen molar-refractivity contribution in [1.29, 1.82) is 0 Å². The topological polar surface area (TPSA) is 148 Å². The molecule has 0 aromatic carbocycles. The van der Waals surface area contributed by atoms with Crippen molar-refractivity contribution in [3.05, 3.63) is 0 Å². The van der Waals surface area contributed by atoms with Gasteiger partial charge in [-0.3, -0.25) is 9.13 Å². The fraction of sp³-hybridized carbons (Fsp3) is 0.667. The van der Waals surface area contributed by atoms with Gasteiger partial charge in [0.15, 0.2) is 0 Å². The van der Waals surface area contributed by atoms with Gasteiger partial charge in [-0.25, -0.2) is 4.31 Å². The zero-order valence-corrected chi connectivity index (χ0v) is 8.14. The number of hydrogen-bond donors (Lipinski definition) is 0. The van der Waals surface area contributed by atoms with Crippen LogP contribution in [0.2, 0.25) is 0 Å². The quantitative estimate of drug-likeness (QED) is 0.443. The van der Waals surface area contributed by atoms with E-state index in [-0.39, 0.29) is 0 Å². The average Bonchev–Trinajstić information content (AvgIpc) is 2.04. The second-order valence-electron chi connectivity index (χ2n) is 2.18. The lowest BCUT2D eigenvalue weighted by Crippen LogP contribution is -2.39. The highest BCUT2D eigenvalue weighted by Crippen LogP contribution is 2.58. The molecule has 0 bridgehead atoms. The monoisotopic (exact) mass is 245 g/mol. The first kappa shape index (κ1) is 11.8. The van der Waals surface area contributed by atoms with E-state index in [2.05, 4.69) is 13.4 Å². The molecule has 0 saturated carbocycles. The van der Waals surface area contributed by atoms with Crippen LogP contribution < -0.4 is 14.9 Å². The first-order valence-corrected chi connectivity index (χ1v) is 6.01. The third kappa shape index (κ3) is 3.14. The van der Waals surface area contributed by atoms with E-state index in [9.17, 15) is 28.8 Å². The van der Waals surface area contributed by atoms with E-state index in [1.54, 1.807) is 0 Å². The Morgan fingerprint density at radius 3 is 2.36 bits per heavy atom. The molecule has 0 spiro atoms. The summed E-state index contributed by atoms with van der Waals surface area (Å²) in [6.07, 6.45) is -2.04. The van der Waals surface area contributed by atoms with Crippen LogP contribution in [0.3, 0.4) is 0 Å². The van der Waals surface area contributed by atoms with Gasteiger partial charge in [-0.05, 0) is 0 Å². The Morgan fingerprint density at radius 1 is 1.29 bits per heavy atom. The summed E-state index contributed by atoms with van der Waals surface area (Å²) in [7, 11) is -10.3. The van der Waals surface area contributed by atoms with Crippen LogP contribution in [0.5, 0.6) is 0 Å². The number of phosphoric ester groups is 2. The van der Waals surface area contributed by atoms with Gasteiger partial charge < -0.3 is 28.7 Å². The van der Waals surface area contributed by atoms with Gasteiger partial charge in [0.25, 0.3) is 15.6 Å². The van der Waals surface area contributed by atoms with Gasteiger partial charge >= 0.3 is 0 Å². The highest BCUT2D eigenvalue weighted by Gasteiger charge is 2.30. The van der Waals surface area contributed by atoms with Crippen molar-refractivity contribution in [3.8, 4) is 0 Å². The van der Waals surface area contributed by atoms with Crippen molar-refractivity contribution in [3.63, 3.8) is 0 Å². The molecule has 1 aliphatic rings. The molecule has 14 heavy (non-hydrogen) atoms. The fourth-order valence-corrected chi connectivity index (χ4v) is 2.72. The van der Waals surface area contributed by atoms with Crippen LogP contribution in [0.1, 0.15) is 0 Å². The van der Waals surface area contributed by atoms with Gasteiger partial charge in [-0.2, -0.15) is 0 Å². The summed E-state index contributed by atoms with van der Waals surface area (Å²) in [6, 6.07) is 0. The van der Waals surface area contributed by atoms with E-state index in [0.29, 0.717) is 0 Å². The molecule has 0 aromatic rings. The van der Waals surface area contributed by atoms with Crippen LogP contribution in [-0.2, 0) is 27.3 Å². The highest BCUT2D eigenvalue weighted by atomic mass is 31.3. The van der Waals surface area contributed by atoms with Crippen LogP contribution in [0, 0.1) is 0 Å². The molecule has 2 unspecified atom stereocenters. The van der Waals surface area contributed by atoms with Gasteiger partial charge in [-0.1, -0.05) is 0 Å². The molecule has 1 rings (SSSR count). The number of carbonyl (C=O) groups is 1. The number of hydrogen-bond acceptors (Lipinski definition) is 9. The summed E-state index contributed by atoms with van der Waals surface area (Å²) in [5, 5.41) is 10.2. The maximum absolute atomic E-state index is 10.6. The van der Waals surface area contributed by atoms with Gasteiger partial charge in [0.1, 0.15) is 6.10 Å². The molecule has 3 atom stereocenters. The number of carbonyl (C=O) groups excluding carboxylic acids is 1. The van der Waals surface area contributed by atoms with Crippen molar-refractivity contribution in [2.45, 2.75) is 6.10 Å². The number of carboxylic acid groups (broad SMARTS) is 1. The van der Waals surface area contributed by atoms with Gasteiger partial charge in [-0.15, -0.1) is 0 Å². The summed E-state index contributed by atoms with van der Waals surface area (Å²) < 4.78 is 32.3. The molecule has 0 aliphatic carbocycles. The Labute approximate surface area is 77.4 Å². The maximum Gasteiger partial charge on any atom is 0.275 e. The van der Waals surface area contributed by atoms with E-state index >= 15 is 0 Å². The zero-order chi connectivity index (χ0) is 11.0. The molecule has 0 amide bonds. The lowest BCUT2D eigenvalue weighted by Gasteiger charge is -2.26. The Morgan fingerprint density at radius 2 is 1.86 bits per heavy atom. The minimum absolute atomic E-state index is 1.02. The predicted molar refractivity (Wildman–Crippen MR) is 32.1 cm³/mol. The Bertz CT molecular complexity index is 335. The van der Waals surface area contributed by atoms with Crippen LogP contribution >= 0.6 is 15.6 Å². The van der Waals surface area contributed by atoms with Gasteiger partial charge in [0.05, 0.1) is 12.6 Å². The molecule has 0 radical (unpaired) electrons. The minimum atomic E-state index is -5.23. The molecule has 1 heterocycles. The van der Waals surface area contributed by atoms with Gasteiger partial charge in [0.2, 0.25) is 0 Å². The normalized spacial score (nSPS) is 44.3. The molecule has 0 N–H and O–H groups in total. The summed E-state index contributed by atoms with van der Waals surface area (Å²) in [5.41, 5.74) is 0. The minimum Gasteiger partial charge on any atom is -0.756 e. The van der Waals surface area contributed by atoms with Crippen LogP contribution in [-0.4, -0.2) is 18.7 Å². The summed E-state index contributed by atoms with van der Waals surface area (Å²) in [5.74, 6) is -1.92. The Kier molecular flexibility index (Phi) is 3.13. The van der Waals surface area contributed by atoms with Crippen LogP contribution in [0.4, 0.5) is 0 Å². The SMILES string of the molecule is O=C([O-])[C@@H]1COP(=O)([O-])OP(=O)([O-])O1. The Hall–Kier alpha value is -0.270. The molecular formula is C3H3O9P2-3. The number of carboxylic acids is 1. The summed E-state index contributed by atoms with van der Waals surface area (Å²) >= 11 is 0. The molecule has 1 fully saturated rings. The van der Waals surface area contributed by atoms with Crippen LogP contribution in [0.15, 0.2) is 0 Å². The average molecular weight is 245 g/mol. The maximum atomic E-state index is 10.6. The van der Waals surface area contributed by atoms with Crippen molar-refractivity contribution < 1.29 is 42.2 Å². The predicted octanol–water partition coefficient (Wildman–Crippen LogP) is -2.89. The first-order valence-electron chi connectivity index (χ1n) is 3.09. The lowest BCUT2D eigenvalue weighted by atomic mass is 10.4. The van der Waals surface area contributed by atoms with Crippen molar-refractivity contribution in [2.75, 3.05) is 6.61 Å². The first-order chi connectivity index (χ1) is 6.22. The molecule has 11 heteroatoms. The second kappa shape index (κ2) is 3.71. The Balaban J connectivity index is 2.90. The van der Waals surface area contributed by atoms with Gasteiger partial charge in [0, 0.05) is 0 Å². The summed E-state index contributed by atoms with van der Waals surface area (Å²) in [6.45, 7) is -1.02. The molecule has 9 nitrogen and oxygen atoms in total. The molecular weight excluding hydrogens is 242 g/mol. The van der Waals surface area contributed by atoms with E-state index in [0.717, 1.165) is 0 Å². The van der Waals surface area contributed by atoms with E-state index in [1.165, 1.54) is 0 Å². The molecule has 82 valence electrons. The molecule has 1 saturated heterocycles. The third-order valence-electron chi connectivity index (χ3n) is 1.10. The largest absolute Gasteiger partial charge is 0.756 e. The van der Waals surface area contributed by atoms with E-state index in [4.69, 9.17) is 0 Å². The van der Waals surface area contributed by atoms with Crippen molar-refractivity contribution in [2.24, 2.45) is 0 Å². The van der Waals surface area contributed by atoms with E-state index < -0.39 is 34.3 Å². The van der Waals surface area contributed by atoms with Crippen molar-refractivity contribution in [1.82, 2.24) is 0 Å². The van der Waals surface area contributed by atoms with E-state index in [1.807, 2.05) is 0 Å². The molecule has 0 aromatic heterocycles. The standard InChI is InChI=1S/C3H6O9P2/c4-3(5)2-1-10-13(6,7)12-14(8,9)11-2/h2H,1H2,(H,4,5)(H,6,7)(H,8,9)/p-3/t2-/m0/s1. The highest BCUT2D eigenvalue weighted by molar-refractivity contribution is 7.59. The number of aliphatic carboxylic acids is 1. The molecule has 1 aliphatic heterocycles. The zero-order valence-electron chi connectivity index (χ0n) is 6.35. The smallest absolute Gasteiger partial charge is 0.275 e. The van der Waals surface area contributed by atoms with Crippen molar-refractivity contribution >= 4 is 21.6 Å². The lowest BCUT2D eigenvalue weighted by molar-refractivity contribution is -0.317. The number of phosphoric acid groups is 2. The second-order valence-corrected chi connectivity index (χ2v) is 5.10. The summed E-state index contributed by atoms with van der Waals surface area (Å²) in [4.78, 5) is 31.4. The fourth-order valence-electron chi connectivity index (χ4n) is 0.622. The van der Waals surface area contributed by atoms with Crippen LogP contribution in [0.25, 0.3) is 0 Å². The third-order valence-corrected chi connectivity index (χ3v) is 3.68. The number of rotatable bonds is 1.